The highest BCUT2D eigenvalue weighted by Gasteiger charge is 2.30. The van der Waals surface area contributed by atoms with E-state index in [0.717, 1.165) is 4.90 Å². The second kappa shape index (κ2) is 26.4. The fourth-order valence-corrected chi connectivity index (χ4v) is 7.11. The van der Waals surface area contributed by atoms with Gasteiger partial charge in [-0.2, -0.15) is 0 Å². The first-order valence-corrected chi connectivity index (χ1v) is 23.9. The average Bonchev–Trinajstić information content (AvgIpc) is 4.06. The van der Waals surface area contributed by atoms with Crippen molar-refractivity contribution in [1.82, 2.24) is 30.4 Å². The summed E-state index contributed by atoms with van der Waals surface area (Å²) in [5.41, 5.74) is 10.2. The normalized spacial score (nSPS) is 14.2. The van der Waals surface area contributed by atoms with Crippen molar-refractivity contribution in [2.24, 2.45) is 5.73 Å². The van der Waals surface area contributed by atoms with Crippen LogP contribution in [0.4, 0.5) is 29.7 Å². The Hall–Kier alpha value is -8.14. The summed E-state index contributed by atoms with van der Waals surface area (Å²) in [4.78, 5) is 104. The highest BCUT2D eigenvalue weighted by Crippen LogP contribution is 2.35. The molecule has 0 radical (unpaired) electrons. The third-order valence-electron chi connectivity index (χ3n) is 11.6. The van der Waals surface area contributed by atoms with Gasteiger partial charge in [-0.25, -0.2) is 23.2 Å². The summed E-state index contributed by atoms with van der Waals surface area (Å²) in [6.45, 7) is 18.0. The van der Waals surface area contributed by atoms with Gasteiger partial charge < -0.3 is 56.4 Å². The van der Waals surface area contributed by atoms with Gasteiger partial charge in [0.2, 0.25) is 0 Å². The Kier molecular flexibility index (Phi) is 21.6. The summed E-state index contributed by atoms with van der Waals surface area (Å²) < 4.78 is 37.5. The van der Waals surface area contributed by atoms with E-state index in [1.54, 1.807) is 86.9 Å². The number of hydrogen-bond donors (Lipinski definition) is 8. The van der Waals surface area contributed by atoms with Crippen molar-refractivity contribution in [2.45, 2.75) is 113 Å². The molecular weight excluding hydrogens is 989 g/mol. The van der Waals surface area contributed by atoms with Crippen molar-refractivity contribution in [3.63, 3.8) is 0 Å². The largest absolute Gasteiger partial charge is 0.480 e. The fraction of sp³-hybridized carbons (Fsp3) is 0.407. The first kappa shape index (κ1) is 62.2. The lowest BCUT2D eigenvalue weighted by Gasteiger charge is -2.28. The number of carbonyl (C=O) groups excluding carboxylic acids is 7. The Labute approximate surface area is 441 Å². The number of likely N-dealkylation sites (N-methyl/N-ethyl adjacent to an activating group) is 2. The van der Waals surface area contributed by atoms with E-state index in [-0.39, 0.29) is 49.8 Å². The molecule has 2 aliphatic rings. The van der Waals surface area contributed by atoms with Crippen LogP contribution in [0, 0.1) is 25.5 Å². The van der Waals surface area contributed by atoms with E-state index in [4.69, 9.17) is 20.3 Å². The number of carboxylic acids is 1. The maximum Gasteiger partial charge on any atom is 0.410 e. The Morgan fingerprint density at radius 2 is 1.09 bits per heavy atom. The summed E-state index contributed by atoms with van der Waals surface area (Å²) in [7, 11) is 2.91. The number of aliphatic carboxylic acids is 1. The smallest absolute Gasteiger partial charge is 0.410 e. The summed E-state index contributed by atoms with van der Waals surface area (Å²) >= 11 is 0. The van der Waals surface area contributed by atoms with Crippen LogP contribution in [0.5, 0.6) is 0 Å². The quantitative estimate of drug-likeness (QED) is 0.0442. The van der Waals surface area contributed by atoms with Gasteiger partial charge in [0, 0.05) is 86.4 Å². The number of rotatable bonds is 14. The third kappa shape index (κ3) is 16.7. The minimum atomic E-state index is -1.06. The van der Waals surface area contributed by atoms with E-state index in [0.29, 0.717) is 86.8 Å². The van der Waals surface area contributed by atoms with Crippen LogP contribution < -0.4 is 27.0 Å². The number of aromatic amines is 2. The lowest BCUT2D eigenvalue weighted by Crippen LogP contribution is -2.43. The molecule has 22 heteroatoms. The van der Waals surface area contributed by atoms with Gasteiger partial charge in [-0.05, 0) is 135 Å². The molecular formula is C54H71F2N9O11. The maximum absolute atomic E-state index is 13.7. The fourth-order valence-electron chi connectivity index (χ4n) is 7.11. The van der Waals surface area contributed by atoms with E-state index in [1.165, 1.54) is 62.3 Å². The average molecular weight is 1060 g/mol. The highest BCUT2D eigenvalue weighted by atomic mass is 19.1. The predicted octanol–water partition coefficient (Wildman–Crippen LogP) is 7.90. The summed E-state index contributed by atoms with van der Waals surface area (Å²) in [5, 5.41) is 19.5. The monoisotopic (exact) mass is 1060 g/mol. The molecule has 0 saturated heterocycles. The zero-order chi connectivity index (χ0) is 56.3. The van der Waals surface area contributed by atoms with E-state index < -0.39 is 53.1 Å². The molecule has 6 amide bonds. The number of nitrogens with zero attached hydrogens (tertiary/aromatic N) is 2. The Balaban J connectivity index is 0.000000333. The van der Waals surface area contributed by atoms with E-state index in [1.807, 2.05) is 0 Å². The number of aromatic nitrogens is 2. The molecule has 6 rings (SSSR count). The molecule has 4 aromatic rings. The number of hydrogen-bond acceptors (Lipinski definition) is 11. The summed E-state index contributed by atoms with van der Waals surface area (Å²) in [6.07, 6.45) is 5.71. The zero-order valence-corrected chi connectivity index (χ0v) is 44.2. The van der Waals surface area contributed by atoms with Crippen molar-refractivity contribution in [2.75, 3.05) is 44.4 Å². The molecule has 2 aliphatic heterocycles. The summed E-state index contributed by atoms with van der Waals surface area (Å²) in [5.74, 6) is -3.28. The zero-order valence-electron chi connectivity index (χ0n) is 44.2. The molecule has 412 valence electrons. The molecule has 0 saturated carbocycles. The van der Waals surface area contributed by atoms with Crippen LogP contribution in [-0.2, 0) is 28.7 Å². The van der Waals surface area contributed by atoms with Gasteiger partial charge in [-0.1, -0.05) is 7.43 Å². The van der Waals surface area contributed by atoms with Crippen molar-refractivity contribution in [1.29, 1.82) is 0 Å². The molecule has 4 heterocycles. The SMILES string of the molecule is C.C[C@@H](C(=O)O)N(C)C(=O)OC(C)(C)C.Cc1c(C(=O)NCCCC(=O)[C@H](C)N(C)C(=O)OC(C)(C)C)c[nH]c1/C=C1\C(=O)Nc2ccc(F)cc21.Cc1c(C(=O)NCCN)c[nH]c1/C=C1\C(=O)Nc2ccc(F)cc21. The number of benzene rings is 2. The van der Waals surface area contributed by atoms with E-state index in [9.17, 15) is 47.1 Å². The van der Waals surface area contributed by atoms with Crippen LogP contribution in [0.1, 0.15) is 130 Å². The predicted molar refractivity (Wildman–Crippen MR) is 286 cm³/mol. The molecule has 0 aliphatic carbocycles. The number of H-pyrrole nitrogens is 2. The van der Waals surface area contributed by atoms with Gasteiger partial charge in [-0.15, -0.1) is 0 Å². The lowest BCUT2D eigenvalue weighted by molar-refractivity contribution is -0.142. The molecule has 0 unspecified atom stereocenters. The minimum absolute atomic E-state index is 0. The molecule has 0 fully saturated rings. The van der Waals surface area contributed by atoms with Gasteiger partial charge in [-0.3, -0.25) is 28.9 Å². The molecule has 0 spiro atoms. The third-order valence-corrected chi connectivity index (χ3v) is 11.6. The number of nitrogens with two attached hydrogens (primary N) is 1. The van der Waals surface area contributed by atoms with Crippen molar-refractivity contribution >= 4 is 82.2 Å². The van der Waals surface area contributed by atoms with Crippen LogP contribution in [0.3, 0.4) is 0 Å². The second-order valence-corrected chi connectivity index (χ2v) is 19.6. The Bertz CT molecular complexity index is 2890. The van der Waals surface area contributed by atoms with Crippen LogP contribution in [0.25, 0.3) is 23.3 Å². The van der Waals surface area contributed by atoms with Gasteiger partial charge >= 0.3 is 18.2 Å². The minimum Gasteiger partial charge on any atom is -0.480 e. The van der Waals surface area contributed by atoms with E-state index >= 15 is 0 Å². The van der Waals surface area contributed by atoms with Gasteiger partial charge in [0.05, 0.1) is 28.3 Å². The van der Waals surface area contributed by atoms with Crippen molar-refractivity contribution in [3.05, 3.63) is 105 Å². The number of carboxylic acid groups (broad SMARTS) is 1. The molecule has 0 bridgehead atoms. The highest BCUT2D eigenvalue weighted by molar-refractivity contribution is 6.35. The number of amides is 6. The number of nitrogens with one attached hydrogen (secondary N) is 6. The molecule has 20 nitrogen and oxygen atoms in total. The lowest BCUT2D eigenvalue weighted by atomic mass is 10.0. The van der Waals surface area contributed by atoms with E-state index in [2.05, 4.69) is 31.2 Å². The molecule has 9 N–H and O–H groups in total. The number of Topliss-reactive ketones (excluding diaryl/α,β-unsaturated/α-hetero) is 1. The first-order valence-electron chi connectivity index (χ1n) is 23.9. The molecule has 2 aromatic heterocycles. The van der Waals surface area contributed by atoms with Crippen molar-refractivity contribution in [3.8, 4) is 0 Å². The Morgan fingerprint density at radius 1 is 0.697 bits per heavy atom. The Morgan fingerprint density at radius 3 is 1.47 bits per heavy atom. The standard InChI is InChI=1S/C27H33FN4O5.C17H17FN4O2.C9H17NO4.CH4/c1-15-20(14-30-22(15)13-19-18-12-17(28)9-10-21(18)31-25(19)35)24(34)29-11-7-8-23(33)16(2)32(6)26(36)37-27(3,4)5;1-9-13(16(23)20-5-4-19)8-21-15(9)7-12-11-6-10(18)2-3-14(11)22-17(12)24;1-6(7(11)12)10(5)8(13)14-9(2,3)4;/h9-10,12-14,16,30H,7-8,11H2,1-6H3,(H,29,34)(H,31,35);2-3,6-8,21H,4-5,19H2,1H3,(H,20,23)(H,22,24);6H,1-5H3,(H,11,12);1H4/b19-13-;12-7-;;/t16-;;6-;/m0.0./s1. The maximum atomic E-state index is 13.7. The molecule has 2 aromatic carbocycles. The first-order chi connectivity index (χ1) is 34.9. The van der Waals surface area contributed by atoms with Gasteiger partial charge in [0.1, 0.15) is 28.9 Å². The van der Waals surface area contributed by atoms with Gasteiger partial charge in [0.25, 0.3) is 23.6 Å². The van der Waals surface area contributed by atoms with Crippen LogP contribution in [0.2, 0.25) is 0 Å². The number of anilines is 2. The second-order valence-electron chi connectivity index (χ2n) is 19.6. The van der Waals surface area contributed by atoms with Gasteiger partial charge in [0.15, 0.2) is 5.78 Å². The van der Waals surface area contributed by atoms with Crippen LogP contribution >= 0.6 is 0 Å². The molecule has 76 heavy (non-hydrogen) atoms. The van der Waals surface area contributed by atoms with Crippen molar-refractivity contribution < 1.29 is 61.7 Å². The number of carbonyl (C=O) groups is 8. The number of fused-ring (bicyclic) bond motifs is 2. The molecule has 2 atom stereocenters. The topological polar surface area (TPSA) is 287 Å². The summed E-state index contributed by atoms with van der Waals surface area (Å²) in [6, 6.07) is 6.66. The van der Waals surface area contributed by atoms with Crippen LogP contribution in [0.15, 0.2) is 48.8 Å². The number of ether oxygens (including phenoxy) is 2. The number of ketones is 1. The number of halogens is 2. The van der Waals surface area contributed by atoms with Crippen LogP contribution in [-0.4, -0.2) is 129 Å².